The molecule has 0 amide bonds. The van der Waals surface area contributed by atoms with E-state index in [1.807, 2.05) is 18.3 Å². The first-order valence-electron chi connectivity index (χ1n) is 6.91. The third-order valence-corrected chi connectivity index (χ3v) is 3.07. The van der Waals surface area contributed by atoms with Crippen molar-refractivity contribution in [2.24, 2.45) is 11.8 Å². The summed E-state index contributed by atoms with van der Waals surface area (Å²) in [5.41, 5.74) is 5.77. The zero-order valence-electron chi connectivity index (χ0n) is 12.2. The third-order valence-electron chi connectivity index (χ3n) is 3.07. The van der Waals surface area contributed by atoms with Gasteiger partial charge in [0.1, 0.15) is 5.82 Å². The Morgan fingerprint density at radius 1 is 1.30 bits per heavy atom. The number of nitrogens with one attached hydrogen (secondary N) is 1. The normalized spacial score (nSPS) is 10.8. The number of nitrogen functional groups attached to an aromatic ring is 1. The number of hydrazine groups is 1. The van der Waals surface area contributed by atoms with E-state index in [0.29, 0.717) is 17.6 Å². The number of aromatic nitrogens is 3. The molecule has 0 aromatic carbocycles. The smallest absolute Gasteiger partial charge is 0.162 e. The van der Waals surface area contributed by atoms with Crippen molar-refractivity contribution >= 4 is 5.82 Å². The molecule has 2 aromatic rings. The van der Waals surface area contributed by atoms with Gasteiger partial charge in [0, 0.05) is 29.7 Å². The molecule has 0 saturated carbocycles. The van der Waals surface area contributed by atoms with E-state index < -0.39 is 0 Å². The number of rotatable bonds is 5. The molecule has 0 saturated heterocycles. The van der Waals surface area contributed by atoms with Crippen LogP contribution in [-0.4, -0.2) is 15.0 Å². The lowest BCUT2D eigenvalue weighted by Crippen LogP contribution is -2.11. The first-order valence-corrected chi connectivity index (χ1v) is 6.91. The van der Waals surface area contributed by atoms with Gasteiger partial charge in [-0.2, -0.15) is 0 Å². The van der Waals surface area contributed by atoms with Crippen LogP contribution in [-0.2, 0) is 12.8 Å². The van der Waals surface area contributed by atoms with Crippen LogP contribution < -0.4 is 11.3 Å². The van der Waals surface area contributed by atoms with Crippen molar-refractivity contribution in [3.63, 3.8) is 0 Å². The molecule has 106 valence electrons. The molecule has 0 atom stereocenters. The molecule has 2 rings (SSSR count). The minimum Gasteiger partial charge on any atom is -0.308 e. The van der Waals surface area contributed by atoms with Crippen LogP contribution in [0.3, 0.4) is 0 Å². The van der Waals surface area contributed by atoms with E-state index in [2.05, 4.69) is 41.1 Å². The number of nitrogens with zero attached hydrogens (tertiary/aromatic N) is 3. The lowest BCUT2D eigenvalue weighted by Gasteiger charge is -2.11. The average molecular weight is 271 g/mol. The summed E-state index contributed by atoms with van der Waals surface area (Å²) in [6.45, 7) is 6.43. The minimum atomic E-state index is 0.534. The molecule has 0 aliphatic rings. The fourth-order valence-electron chi connectivity index (χ4n) is 2.14. The molecule has 0 spiro atoms. The van der Waals surface area contributed by atoms with Crippen LogP contribution in [0.4, 0.5) is 5.82 Å². The Morgan fingerprint density at radius 3 is 2.75 bits per heavy atom. The quantitative estimate of drug-likeness (QED) is 0.645. The van der Waals surface area contributed by atoms with Crippen molar-refractivity contribution in [3.8, 4) is 11.4 Å². The Labute approximate surface area is 119 Å². The van der Waals surface area contributed by atoms with E-state index in [-0.39, 0.29) is 0 Å². The number of aryl methyl sites for hydroxylation is 1. The summed E-state index contributed by atoms with van der Waals surface area (Å²) >= 11 is 0. The van der Waals surface area contributed by atoms with Crippen molar-refractivity contribution in [1.82, 2.24) is 15.0 Å². The average Bonchev–Trinajstić information content (AvgIpc) is 2.46. The molecule has 0 aliphatic carbocycles. The van der Waals surface area contributed by atoms with Gasteiger partial charge in [0.25, 0.3) is 0 Å². The Kier molecular flexibility index (Phi) is 4.63. The number of hydrogen-bond donors (Lipinski definition) is 2. The highest BCUT2D eigenvalue weighted by Crippen LogP contribution is 2.22. The summed E-state index contributed by atoms with van der Waals surface area (Å²) < 4.78 is 0. The molecule has 0 radical (unpaired) electrons. The van der Waals surface area contributed by atoms with Gasteiger partial charge in [-0.25, -0.2) is 15.8 Å². The molecule has 5 nitrogen and oxygen atoms in total. The molecule has 0 bridgehead atoms. The summed E-state index contributed by atoms with van der Waals surface area (Å²) in [6.07, 6.45) is 5.43. The maximum atomic E-state index is 5.51. The van der Waals surface area contributed by atoms with Gasteiger partial charge in [-0.1, -0.05) is 20.8 Å². The SMILES string of the molecule is CCc1cnccc1-c1nc(CC(C)C)cc(NN)n1. The third kappa shape index (κ3) is 3.30. The van der Waals surface area contributed by atoms with Crippen molar-refractivity contribution in [2.75, 3.05) is 5.43 Å². The highest BCUT2D eigenvalue weighted by Gasteiger charge is 2.11. The minimum absolute atomic E-state index is 0.534. The lowest BCUT2D eigenvalue weighted by molar-refractivity contribution is 0.635. The van der Waals surface area contributed by atoms with E-state index in [4.69, 9.17) is 5.84 Å². The largest absolute Gasteiger partial charge is 0.308 e. The van der Waals surface area contributed by atoms with Crippen LogP contribution >= 0.6 is 0 Å². The summed E-state index contributed by atoms with van der Waals surface area (Å²) in [4.78, 5) is 13.3. The van der Waals surface area contributed by atoms with Gasteiger partial charge in [-0.15, -0.1) is 0 Å². The van der Waals surface area contributed by atoms with Gasteiger partial charge in [0.15, 0.2) is 5.82 Å². The van der Waals surface area contributed by atoms with Crippen molar-refractivity contribution < 1.29 is 0 Å². The van der Waals surface area contributed by atoms with Crippen LogP contribution in [0.25, 0.3) is 11.4 Å². The van der Waals surface area contributed by atoms with Crippen molar-refractivity contribution in [3.05, 3.63) is 35.8 Å². The first-order chi connectivity index (χ1) is 9.63. The molecule has 0 fully saturated rings. The van der Waals surface area contributed by atoms with Crippen LogP contribution in [0.1, 0.15) is 32.0 Å². The number of anilines is 1. The summed E-state index contributed by atoms with van der Waals surface area (Å²) in [6, 6.07) is 3.85. The van der Waals surface area contributed by atoms with E-state index in [1.54, 1.807) is 6.20 Å². The number of pyridine rings is 1. The second-order valence-corrected chi connectivity index (χ2v) is 5.20. The van der Waals surface area contributed by atoms with Crippen LogP contribution in [0, 0.1) is 5.92 Å². The summed E-state index contributed by atoms with van der Waals surface area (Å²) in [7, 11) is 0. The number of nitrogens with two attached hydrogens (primary N) is 1. The van der Waals surface area contributed by atoms with Crippen LogP contribution in [0.15, 0.2) is 24.5 Å². The predicted molar refractivity (Wildman–Crippen MR) is 81.0 cm³/mol. The van der Waals surface area contributed by atoms with Crippen LogP contribution in [0.2, 0.25) is 0 Å². The second kappa shape index (κ2) is 6.43. The van der Waals surface area contributed by atoms with Gasteiger partial charge in [0.2, 0.25) is 0 Å². The fourth-order valence-corrected chi connectivity index (χ4v) is 2.14. The summed E-state index contributed by atoms with van der Waals surface area (Å²) in [5.74, 6) is 7.40. The highest BCUT2D eigenvalue weighted by atomic mass is 15.3. The first kappa shape index (κ1) is 14.4. The molecule has 2 heterocycles. The number of hydrogen-bond acceptors (Lipinski definition) is 5. The van der Waals surface area contributed by atoms with Gasteiger partial charge in [0.05, 0.1) is 0 Å². The van der Waals surface area contributed by atoms with Crippen LogP contribution in [0.5, 0.6) is 0 Å². The monoisotopic (exact) mass is 271 g/mol. The molecule has 5 heteroatoms. The molecule has 3 N–H and O–H groups in total. The zero-order valence-corrected chi connectivity index (χ0v) is 12.2. The summed E-state index contributed by atoms with van der Waals surface area (Å²) in [5, 5.41) is 0. The van der Waals surface area contributed by atoms with E-state index in [1.165, 1.54) is 0 Å². The maximum absolute atomic E-state index is 5.51. The van der Waals surface area contributed by atoms with E-state index >= 15 is 0 Å². The Balaban J connectivity index is 2.49. The van der Waals surface area contributed by atoms with Crippen molar-refractivity contribution in [1.29, 1.82) is 0 Å². The van der Waals surface area contributed by atoms with Gasteiger partial charge >= 0.3 is 0 Å². The Bertz CT molecular complexity index is 580. The van der Waals surface area contributed by atoms with E-state index in [9.17, 15) is 0 Å². The Morgan fingerprint density at radius 2 is 2.10 bits per heavy atom. The van der Waals surface area contributed by atoms with E-state index in [0.717, 1.165) is 29.7 Å². The lowest BCUT2D eigenvalue weighted by atomic mass is 10.1. The molecule has 2 aromatic heterocycles. The van der Waals surface area contributed by atoms with Gasteiger partial charge in [-0.05, 0) is 30.4 Å². The molecule has 0 aliphatic heterocycles. The standard InChI is InChI=1S/C15H21N5/c1-4-11-9-17-6-5-13(11)15-18-12(7-10(2)3)8-14(19-15)20-16/h5-6,8-10H,4,7,16H2,1-3H3,(H,18,19,20). The van der Waals surface area contributed by atoms with Crippen molar-refractivity contribution in [2.45, 2.75) is 33.6 Å². The molecule has 0 unspecified atom stereocenters. The Hall–Kier alpha value is -2.01. The zero-order chi connectivity index (χ0) is 14.5. The molecular formula is C15H21N5. The molecular weight excluding hydrogens is 250 g/mol. The second-order valence-electron chi connectivity index (χ2n) is 5.20. The predicted octanol–water partition coefficient (Wildman–Crippen LogP) is 2.59. The van der Waals surface area contributed by atoms with Gasteiger partial charge in [-0.3, -0.25) is 4.98 Å². The molecule has 20 heavy (non-hydrogen) atoms. The highest BCUT2D eigenvalue weighted by molar-refractivity contribution is 5.61. The fraction of sp³-hybridized carbons (Fsp3) is 0.400. The topological polar surface area (TPSA) is 76.7 Å². The van der Waals surface area contributed by atoms with Gasteiger partial charge < -0.3 is 5.43 Å². The maximum Gasteiger partial charge on any atom is 0.162 e.